The number of nitrogens with one attached hydrogen (secondary N) is 1. The summed E-state index contributed by atoms with van der Waals surface area (Å²) in [5.41, 5.74) is 1.75. The van der Waals surface area contributed by atoms with Gasteiger partial charge in [-0.05, 0) is 23.8 Å². The number of benzene rings is 1. The first-order chi connectivity index (χ1) is 7.16. The van der Waals surface area contributed by atoms with Gasteiger partial charge in [0.05, 0.1) is 0 Å². The maximum Gasteiger partial charge on any atom is 0.150 e. The van der Waals surface area contributed by atoms with Crippen LogP contribution in [0.1, 0.15) is 0 Å². The molecular formula is C10H6Cl2N2S. The third-order valence-electron chi connectivity index (χ3n) is 1.91. The van der Waals surface area contributed by atoms with Gasteiger partial charge in [0.1, 0.15) is 9.79 Å². The molecule has 0 bridgehead atoms. The third-order valence-corrected chi connectivity index (χ3v) is 2.65. The Kier molecular flexibility index (Phi) is 3.05. The van der Waals surface area contributed by atoms with E-state index in [2.05, 4.69) is 10.2 Å². The Bertz CT molecular complexity index is 551. The number of halogens is 2. The molecule has 0 saturated carbocycles. The van der Waals surface area contributed by atoms with Crippen molar-refractivity contribution in [2.24, 2.45) is 0 Å². The molecule has 1 N–H and O–H groups in total. The minimum absolute atomic E-state index is 0.374. The molecule has 0 spiro atoms. The van der Waals surface area contributed by atoms with E-state index in [1.807, 2.05) is 18.2 Å². The second-order valence-electron chi connectivity index (χ2n) is 2.94. The van der Waals surface area contributed by atoms with Gasteiger partial charge in [-0.1, -0.05) is 47.6 Å². The fraction of sp³-hybridized carbons (Fsp3) is 0. The SMILES string of the molecule is S=c1[nH]nc(Cl)cc1-c1cccc(Cl)c1. The van der Waals surface area contributed by atoms with Gasteiger partial charge in [0.25, 0.3) is 0 Å². The number of aromatic amines is 1. The number of H-pyrrole nitrogens is 1. The van der Waals surface area contributed by atoms with E-state index in [4.69, 9.17) is 35.4 Å². The molecule has 0 aliphatic carbocycles. The summed E-state index contributed by atoms with van der Waals surface area (Å²) in [5, 5.41) is 7.50. The molecule has 2 aromatic rings. The summed E-state index contributed by atoms with van der Waals surface area (Å²) >= 11 is 16.8. The summed E-state index contributed by atoms with van der Waals surface area (Å²) < 4.78 is 0.543. The Labute approximate surface area is 102 Å². The third kappa shape index (κ3) is 2.37. The zero-order valence-corrected chi connectivity index (χ0v) is 9.83. The van der Waals surface area contributed by atoms with Crippen molar-refractivity contribution < 1.29 is 0 Å². The van der Waals surface area contributed by atoms with Crippen LogP contribution in [0.2, 0.25) is 10.2 Å². The fourth-order valence-electron chi connectivity index (χ4n) is 1.25. The van der Waals surface area contributed by atoms with Crippen LogP contribution < -0.4 is 0 Å². The molecule has 0 aliphatic rings. The molecule has 0 unspecified atom stereocenters. The van der Waals surface area contributed by atoms with Gasteiger partial charge in [0.2, 0.25) is 0 Å². The summed E-state index contributed by atoms with van der Waals surface area (Å²) in [4.78, 5) is 0. The predicted molar refractivity (Wildman–Crippen MR) is 64.9 cm³/mol. The molecule has 0 aliphatic heterocycles. The Balaban J connectivity index is 2.63. The van der Waals surface area contributed by atoms with Crippen LogP contribution in [0.3, 0.4) is 0 Å². The number of rotatable bonds is 1. The molecule has 1 aromatic carbocycles. The maximum atomic E-state index is 5.89. The summed E-state index contributed by atoms with van der Waals surface area (Å²) in [5.74, 6) is 0. The van der Waals surface area contributed by atoms with Gasteiger partial charge in [-0.25, -0.2) is 0 Å². The highest BCUT2D eigenvalue weighted by Gasteiger charge is 2.02. The number of aromatic nitrogens is 2. The van der Waals surface area contributed by atoms with Gasteiger partial charge in [-0.15, -0.1) is 0 Å². The van der Waals surface area contributed by atoms with E-state index >= 15 is 0 Å². The molecule has 2 rings (SSSR count). The van der Waals surface area contributed by atoms with Gasteiger partial charge in [-0.3, -0.25) is 5.10 Å². The lowest BCUT2D eigenvalue weighted by Crippen LogP contribution is -1.87. The molecule has 2 nitrogen and oxygen atoms in total. The van der Waals surface area contributed by atoms with Gasteiger partial charge < -0.3 is 0 Å². The van der Waals surface area contributed by atoms with E-state index < -0.39 is 0 Å². The van der Waals surface area contributed by atoms with Crippen LogP contribution in [0.15, 0.2) is 30.3 Å². The van der Waals surface area contributed by atoms with Gasteiger partial charge in [0.15, 0.2) is 0 Å². The minimum Gasteiger partial charge on any atom is -0.266 e. The highest BCUT2D eigenvalue weighted by molar-refractivity contribution is 7.71. The molecule has 5 heteroatoms. The van der Waals surface area contributed by atoms with Crippen molar-refractivity contribution >= 4 is 35.4 Å². The zero-order chi connectivity index (χ0) is 10.8. The van der Waals surface area contributed by atoms with Crippen LogP contribution in [0.5, 0.6) is 0 Å². The topological polar surface area (TPSA) is 28.7 Å². The quantitative estimate of drug-likeness (QED) is 0.778. The van der Waals surface area contributed by atoms with Crippen molar-refractivity contribution in [1.82, 2.24) is 10.2 Å². The Morgan fingerprint density at radius 1 is 1.20 bits per heavy atom. The summed E-state index contributed by atoms with van der Waals surface area (Å²) in [7, 11) is 0. The fourth-order valence-corrected chi connectivity index (χ4v) is 1.82. The largest absolute Gasteiger partial charge is 0.266 e. The Morgan fingerprint density at radius 2 is 2.00 bits per heavy atom. The van der Waals surface area contributed by atoms with E-state index in [1.165, 1.54) is 0 Å². The predicted octanol–water partition coefficient (Wildman–Crippen LogP) is 4.11. The molecule has 0 atom stereocenters. The first kappa shape index (κ1) is 10.6. The van der Waals surface area contributed by atoms with E-state index in [0.29, 0.717) is 14.8 Å². The molecule has 15 heavy (non-hydrogen) atoms. The first-order valence-electron chi connectivity index (χ1n) is 4.18. The van der Waals surface area contributed by atoms with Crippen LogP contribution >= 0.6 is 35.4 Å². The van der Waals surface area contributed by atoms with Crippen molar-refractivity contribution in [3.63, 3.8) is 0 Å². The van der Waals surface area contributed by atoms with E-state index in [1.54, 1.807) is 12.1 Å². The van der Waals surface area contributed by atoms with E-state index in [9.17, 15) is 0 Å². The molecule has 0 fully saturated rings. The number of nitrogens with zero attached hydrogens (tertiary/aromatic N) is 1. The van der Waals surface area contributed by atoms with Crippen molar-refractivity contribution in [2.45, 2.75) is 0 Å². The van der Waals surface area contributed by atoms with Crippen molar-refractivity contribution in [1.29, 1.82) is 0 Å². The molecule has 0 radical (unpaired) electrons. The highest BCUT2D eigenvalue weighted by atomic mass is 35.5. The van der Waals surface area contributed by atoms with Crippen LogP contribution in [-0.4, -0.2) is 10.2 Å². The summed E-state index contributed by atoms with van der Waals surface area (Å²) in [6.07, 6.45) is 0. The van der Waals surface area contributed by atoms with E-state index in [-0.39, 0.29) is 0 Å². The molecule has 1 heterocycles. The normalized spacial score (nSPS) is 10.3. The minimum atomic E-state index is 0.374. The zero-order valence-electron chi connectivity index (χ0n) is 7.50. The molecule has 1 aromatic heterocycles. The van der Waals surface area contributed by atoms with Crippen LogP contribution in [0, 0.1) is 4.64 Å². The molecule has 0 amide bonds. The Hall–Kier alpha value is -0.900. The van der Waals surface area contributed by atoms with Gasteiger partial charge >= 0.3 is 0 Å². The Morgan fingerprint density at radius 3 is 2.73 bits per heavy atom. The maximum absolute atomic E-state index is 5.89. The first-order valence-corrected chi connectivity index (χ1v) is 5.34. The van der Waals surface area contributed by atoms with Gasteiger partial charge in [-0.2, -0.15) is 5.10 Å². The standard InChI is InChI=1S/C10H6Cl2N2S/c11-7-3-1-2-6(4-7)8-5-9(12)13-14-10(8)15/h1-5H,(H,14,15). The van der Waals surface area contributed by atoms with E-state index in [0.717, 1.165) is 11.1 Å². The number of hydrogen-bond acceptors (Lipinski definition) is 2. The lowest BCUT2D eigenvalue weighted by molar-refractivity contribution is 1.02. The van der Waals surface area contributed by atoms with Crippen LogP contribution in [0.4, 0.5) is 0 Å². The molecular weight excluding hydrogens is 251 g/mol. The average Bonchev–Trinajstić information content (AvgIpc) is 2.22. The lowest BCUT2D eigenvalue weighted by Gasteiger charge is -2.02. The second kappa shape index (κ2) is 4.31. The van der Waals surface area contributed by atoms with Crippen LogP contribution in [0.25, 0.3) is 11.1 Å². The van der Waals surface area contributed by atoms with Crippen molar-refractivity contribution in [3.05, 3.63) is 45.1 Å². The van der Waals surface area contributed by atoms with Crippen molar-refractivity contribution in [2.75, 3.05) is 0 Å². The molecule has 0 saturated heterocycles. The second-order valence-corrected chi connectivity index (χ2v) is 4.18. The number of hydrogen-bond donors (Lipinski definition) is 1. The van der Waals surface area contributed by atoms with Crippen molar-refractivity contribution in [3.8, 4) is 11.1 Å². The summed E-state index contributed by atoms with van der Waals surface area (Å²) in [6.45, 7) is 0. The van der Waals surface area contributed by atoms with Crippen LogP contribution in [-0.2, 0) is 0 Å². The van der Waals surface area contributed by atoms with Gasteiger partial charge in [0, 0.05) is 10.6 Å². The smallest absolute Gasteiger partial charge is 0.150 e. The highest BCUT2D eigenvalue weighted by Crippen LogP contribution is 2.24. The average molecular weight is 257 g/mol. The molecule has 76 valence electrons. The monoisotopic (exact) mass is 256 g/mol. The summed E-state index contributed by atoms with van der Waals surface area (Å²) in [6, 6.07) is 9.13. The lowest BCUT2D eigenvalue weighted by atomic mass is 10.1.